The van der Waals surface area contributed by atoms with E-state index in [1.807, 2.05) is 31.2 Å². The summed E-state index contributed by atoms with van der Waals surface area (Å²) in [6.07, 6.45) is 2.04. The van der Waals surface area contributed by atoms with Crippen LogP contribution in [0.15, 0.2) is 30.5 Å². The van der Waals surface area contributed by atoms with E-state index in [1.54, 1.807) is 0 Å². The number of nitrogens with one attached hydrogen (secondary N) is 1. The highest BCUT2D eigenvalue weighted by molar-refractivity contribution is 5.94. The van der Waals surface area contributed by atoms with Crippen LogP contribution in [0.1, 0.15) is 49.2 Å². The molecule has 3 N–H and O–H groups in total. The highest BCUT2D eigenvalue weighted by Gasteiger charge is 2.17. The largest absolute Gasteiger partial charge is 0.504 e. The number of amides is 1. The molecule has 1 aromatic heterocycles. The minimum Gasteiger partial charge on any atom is -0.504 e. The Kier molecular flexibility index (Phi) is 5.98. The van der Waals surface area contributed by atoms with Crippen LogP contribution in [0.2, 0.25) is 0 Å². The van der Waals surface area contributed by atoms with E-state index >= 15 is 0 Å². The molecule has 0 spiro atoms. The van der Waals surface area contributed by atoms with E-state index in [4.69, 9.17) is 5.11 Å². The van der Waals surface area contributed by atoms with Gasteiger partial charge in [0.05, 0.1) is 11.9 Å². The summed E-state index contributed by atoms with van der Waals surface area (Å²) in [5.41, 5.74) is 1.99. The van der Waals surface area contributed by atoms with E-state index in [0.717, 1.165) is 5.69 Å². The first-order chi connectivity index (χ1) is 11.4. The number of carbonyl (C=O) groups is 1. The van der Waals surface area contributed by atoms with Gasteiger partial charge in [-0.25, -0.2) is 4.68 Å². The summed E-state index contributed by atoms with van der Waals surface area (Å²) in [5.74, 6) is 0.0177. The van der Waals surface area contributed by atoms with Gasteiger partial charge in [-0.1, -0.05) is 32.9 Å². The van der Waals surface area contributed by atoms with Gasteiger partial charge in [0.25, 0.3) is 5.91 Å². The zero-order chi connectivity index (χ0) is 17.7. The zero-order valence-electron chi connectivity index (χ0n) is 14.4. The van der Waals surface area contributed by atoms with Crippen LogP contribution in [0.3, 0.4) is 0 Å². The van der Waals surface area contributed by atoms with Crippen molar-refractivity contribution >= 4 is 5.91 Å². The van der Waals surface area contributed by atoms with Crippen molar-refractivity contribution in [3.63, 3.8) is 0 Å². The maximum Gasteiger partial charge on any atom is 0.275 e. The van der Waals surface area contributed by atoms with Crippen molar-refractivity contribution in [1.29, 1.82) is 0 Å². The SMILES string of the molecule is CC(CCO)CNC(=O)c1nn(-c2ccc(C(C)C)cc2)cc1O. The lowest BCUT2D eigenvalue weighted by molar-refractivity contribution is 0.0937. The Morgan fingerprint density at radius 3 is 2.50 bits per heavy atom. The molecular formula is C18H25N3O3. The summed E-state index contributed by atoms with van der Waals surface area (Å²) in [5, 5.41) is 25.8. The second-order valence-corrected chi connectivity index (χ2v) is 6.38. The fourth-order valence-electron chi connectivity index (χ4n) is 2.34. The van der Waals surface area contributed by atoms with Crippen molar-refractivity contribution in [2.45, 2.75) is 33.1 Å². The lowest BCUT2D eigenvalue weighted by atomic mass is 10.0. The van der Waals surface area contributed by atoms with Gasteiger partial charge in [0.2, 0.25) is 0 Å². The lowest BCUT2D eigenvalue weighted by Gasteiger charge is -2.10. The van der Waals surface area contributed by atoms with Crippen molar-refractivity contribution in [3.05, 3.63) is 41.7 Å². The summed E-state index contributed by atoms with van der Waals surface area (Å²) < 4.78 is 1.49. The Hall–Kier alpha value is -2.34. The van der Waals surface area contributed by atoms with Gasteiger partial charge in [-0.3, -0.25) is 4.79 Å². The van der Waals surface area contributed by atoms with Gasteiger partial charge in [0.1, 0.15) is 0 Å². The Morgan fingerprint density at radius 2 is 1.92 bits per heavy atom. The maximum absolute atomic E-state index is 12.2. The van der Waals surface area contributed by atoms with Gasteiger partial charge in [0.15, 0.2) is 11.4 Å². The number of aromatic hydroxyl groups is 1. The lowest BCUT2D eigenvalue weighted by Crippen LogP contribution is -2.29. The number of carbonyl (C=O) groups excluding carboxylic acids is 1. The monoisotopic (exact) mass is 331 g/mol. The molecule has 0 radical (unpaired) electrons. The molecule has 0 saturated heterocycles. The highest BCUT2D eigenvalue weighted by atomic mass is 16.3. The third-order valence-corrected chi connectivity index (χ3v) is 3.97. The van der Waals surface area contributed by atoms with E-state index < -0.39 is 5.91 Å². The minimum absolute atomic E-state index is 0.000801. The van der Waals surface area contributed by atoms with Crippen molar-refractivity contribution in [3.8, 4) is 11.4 Å². The molecule has 0 aliphatic carbocycles. The number of benzene rings is 1. The summed E-state index contributed by atoms with van der Waals surface area (Å²) >= 11 is 0. The molecule has 1 unspecified atom stereocenters. The Labute approximate surface area is 142 Å². The van der Waals surface area contributed by atoms with Crippen LogP contribution in [0.25, 0.3) is 5.69 Å². The molecule has 0 aliphatic rings. The van der Waals surface area contributed by atoms with Crippen molar-refractivity contribution in [1.82, 2.24) is 15.1 Å². The van der Waals surface area contributed by atoms with Gasteiger partial charge < -0.3 is 15.5 Å². The second-order valence-electron chi connectivity index (χ2n) is 6.38. The molecule has 1 amide bonds. The van der Waals surface area contributed by atoms with Crippen LogP contribution in [0.5, 0.6) is 5.75 Å². The molecular weight excluding hydrogens is 306 g/mol. The summed E-state index contributed by atoms with van der Waals surface area (Å²) in [6.45, 7) is 6.69. The standard InChI is InChI=1S/C18H25N3O3/c1-12(2)14-4-6-15(7-5-14)21-11-16(23)17(20-21)18(24)19-10-13(3)8-9-22/h4-7,11-13,22-23H,8-10H2,1-3H3,(H,19,24). The normalized spacial score (nSPS) is 12.4. The Bertz CT molecular complexity index is 677. The first-order valence-electron chi connectivity index (χ1n) is 8.20. The molecule has 0 bridgehead atoms. The summed E-state index contributed by atoms with van der Waals surface area (Å²) in [4.78, 5) is 12.2. The summed E-state index contributed by atoms with van der Waals surface area (Å²) in [6, 6.07) is 7.84. The molecule has 1 heterocycles. The smallest absolute Gasteiger partial charge is 0.275 e. The van der Waals surface area contributed by atoms with Crippen LogP contribution < -0.4 is 5.32 Å². The quantitative estimate of drug-likeness (QED) is 0.727. The maximum atomic E-state index is 12.2. The van der Waals surface area contributed by atoms with Crippen LogP contribution in [-0.2, 0) is 0 Å². The second kappa shape index (κ2) is 7.97. The fourth-order valence-corrected chi connectivity index (χ4v) is 2.34. The van der Waals surface area contributed by atoms with Gasteiger partial charge >= 0.3 is 0 Å². The van der Waals surface area contributed by atoms with Crippen molar-refractivity contribution < 1.29 is 15.0 Å². The van der Waals surface area contributed by atoms with Crippen LogP contribution in [-0.4, -0.2) is 39.1 Å². The predicted octanol–water partition coefficient (Wildman–Crippen LogP) is 2.45. The molecule has 1 atom stereocenters. The predicted molar refractivity (Wildman–Crippen MR) is 92.5 cm³/mol. The first-order valence-corrected chi connectivity index (χ1v) is 8.20. The fraction of sp³-hybridized carbons (Fsp3) is 0.444. The van der Waals surface area contributed by atoms with E-state index in [1.165, 1.54) is 16.4 Å². The van der Waals surface area contributed by atoms with Crippen LogP contribution in [0.4, 0.5) is 0 Å². The number of nitrogens with zero attached hydrogens (tertiary/aromatic N) is 2. The molecule has 2 rings (SSSR count). The summed E-state index contributed by atoms with van der Waals surface area (Å²) in [7, 11) is 0. The molecule has 130 valence electrons. The van der Waals surface area contributed by atoms with Gasteiger partial charge in [-0.05, 0) is 36.0 Å². The molecule has 2 aromatic rings. The molecule has 0 aliphatic heterocycles. The molecule has 24 heavy (non-hydrogen) atoms. The van der Waals surface area contributed by atoms with E-state index in [2.05, 4.69) is 24.3 Å². The van der Waals surface area contributed by atoms with E-state index in [0.29, 0.717) is 18.9 Å². The van der Waals surface area contributed by atoms with Crippen LogP contribution >= 0.6 is 0 Å². The number of hydrogen-bond acceptors (Lipinski definition) is 4. The van der Waals surface area contributed by atoms with Crippen molar-refractivity contribution in [2.24, 2.45) is 5.92 Å². The number of aromatic nitrogens is 2. The van der Waals surface area contributed by atoms with E-state index in [9.17, 15) is 9.90 Å². The first kappa shape index (κ1) is 18.0. The molecule has 6 nitrogen and oxygen atoms in total. The molecule has 0 fully saturated rings. The molecule has 1 aromatic carbocycles. The topological polar surface area (TPSA) is 87.4 Å². The zero-order valence-corrected chi connectivity index (χ0v) is 14.4. The number of rotatable bonds is 7. The number of aliphatic hydroxyl groups excluding tert-OH is 1. The van der Waals surface area contributed by atoms with Crippen molar-refractivity contribution in [2.75, 3.05) is 13.2 Å². The third kappa shape index (κ3) is 4.35. The highest BCUT2D eigenvalue weighted by Crippen LogP contribution is 2.20. The molecule has 6 heteroatoms. The minimum atomic E-state index is -0.421. The van der Waals surface area contributed by atoms with Gasteiger partial charge in [-0.2, -0.15) is 5.10 Å². The van der Waals surface area contributed by atoms with Gasteiger partial charge in [-0.15, -0.1) is 0 Å². The van der Waals surface area contributed by atoms with E-state index in [-0.39, 0.29) is 24.0 Å². The molecule has 0 saturated carbocycles. The third-order valence-electron chi connectivity index (χ3n) is 3.97. The average molecular weight is 331 g/mol. The number of hydrogen-bond donors (Lipinski definition) is 3. The number of aliphatic hydroxyl groups is 1. The Morgan fingerprint density at radius 1 is 1.25 bits per heavy atom. The Balaban J connectivity index is 2.10. The van der Waals surface area contributed by atoms with Gasteiger partial charge in [0, 0.05) is 13.2 Å². The van der Waals surface area contributed by atoms with Crippen LogP contribution in [0, 0.1) is 5.92 Å². The average Bonchev–Trinajstić information content (AvgIpc) is 2.95.